The minimum Gasteiger partial charge on any atom is -0.0799 e. The lowest BCUT2D eigenvalue weighted by Crippen LogP contribution is -2.02. The molecule has 0 fully saturated rings. The predicted octanol–water partition coefficient (Wildman–Crippen LogP) is 3.04. The molecular weight excluding hydrogens is 119 g/mol. The van der Waals surface area contributed by atoms with E-state index in [4.69, 9.17) is 7.85 Å². The Labute approximate surface area is 66.8 Å². The van der Waals surface area contributed by atoms with Crippen LogP contribution in [0, 0.1) is 11.8 Å². The van der Waals surface area contributed by atoms with Crippen molar-refractivity contribution in [3.05, 3.63) is 0 Å². The highest BCUT2D eigenvalue weighted by molar-refractivity contribution is 6.11. The lowest BCUT2D eigenvalue weighted by atomic mass is 9.80. The summed E-state index contributed by atoms with van der Waals surface area (Å²) in [6, 6.07) is 0. The molecule has 0 bridgehead atoms. The molecule has 2 unspecified atom stereocenters. The van der Waals surface area contributed by atoms with E-state index < -0.39 is 0 Å². The summed E-state index contributed by atoms with van der Waals surface area (Å²) in [5.41, 5.74) is 0. The van der Waals surface area contributed by atoms with Crippen LogP contribution >= 0.6 is 0 Å². The first-order chi connectivity index (χ1) is 4.52. The Balaban J connectivity index is 3.34. The topological polar surface area (TPSA) is 0 Å². The maximum Gasteiger partial charge on any atom is 0.0695 e. The molecule has 10 heavy (non-hydrogen) atoms. The zero-order chi connectivity index (χ0) is 8.15. The van der Waals surface area contributed by atoms with Gasteiger partial charge in [0.25, 0.3) is 0 Å². The average Bonchev–Trinajstić information content (AvgIpc) is 1.58. The molecule has 1 heteroatoms. The van der Waals surface area contributed by atoms with Gasteiger partial charge in [-0.2, -0.15) is 0 Å². The lowest BCUT2D eigenvalue weighted by Gasteiger charge is -2.15. The van der Waals surface area contributed by atoms with Gasteiger partial charge in [0.1, 0.15) is 0 Å². The molecule has 0 amide bonds. The van der Waals surface area contributed by atoms with Gasteiger partial charge in [-0.05, 0) is 18.3 Å². The Morgan fingerprint density at radius 3 is 1.80 bits per heavy atom. The second kappa shape index (κ2) is 4.82. The maximum absolute atomic E-state index is 5.67. The Kier molecular flexibility index (Phi) is 4.85. The fourth-order valence-corrected chi connectivity index (χ4v) is 1.54. The van der Waals surface area contributed by atoms with E-state index >= 15 is 0 Å². The molecule has 0 aliphatic carbocycles. The molecule has 0 spiro atoms. The van der Waals surface area contributed by atoms with Crippen molar-refractivity contribution in [1.82, 2.24) is 0 Å². The molecule has 0 saturated carbocycles. The highest BCUT2D eigenvalue weighted by Gasteiger charge is 2.06. The van der Waals surface area contributed by atoms with Gasteiger partial charge in [0.15, 0.2) is 0 Å². The van der Waals surface area contributed by atoms with Crippen molar-refractivity contribution in [2.45, 2.75) is 46.4 Å². The van der Waals surface area contributed by atoms with Gasteiger partial charge < -0.3 is 0 Å². The minimum absolute atomic E-state index is 0.369. The van der Waals surface area contributed by atoms with E-state index in [9.17, 15) is 0 Å². The van der Waals surface area contributed by atoms with Crippen LogP contribution in [0.5, 0.6) is 0 Å². The fraction of sp³-hybridized carbons (Fsp3) is 1.00. The second-order valence-corrected chi connectivity index (χ2v) is 3.95. The third-order valence-electron chi connectivity index (χ3n) is 1.65. The van der Waals surface area contributed by atoms with Gasteiger partial charge in [0, 0.05) is 0 Å². The molecule has 0 heterocycles. The van der Waals surface area contributed by atoms with Gasteiger partial charge in [-0.1, -0.05) is 39.9 Å². The third kappa shape index (κ3) is 6.19. The largest absolute Gasteiger partial charge is 0.0799 e. The van der Waals surface area contributed by atoms with Crippen LogP contribution in [0.4, 0.5) is 0 Å². The van der Waals surface area contributed by atoms with Crippen molar-refractivity contribution in [3.63, 3.8) is 0 Å². The van der Waals surface area contributed by atoms with Gasteiger partial charge in [0.05, 0.1) is 7.85 Å². The first kappa shape index (κ1) is 10.1. The quantitative estimate of drug-likeness (QED) is 0.523. The lowest BCUT2D eigenvalue weighted by molar-refractivity contribution is 0.412. The van der Waals surface area contributed by atoms with Gasteiger partial charge >= 0.3 is 0 Å². The summed E-state index contributed by atoms with van der Waals surface area (Å²) in [7, 11) is 5.67. The van der Waals surface area contributed by atoms with E-state index in [1.165, 1.54) is 6.42 Å². The van der Waals surface area contributed by atoms with Crippen LogP contribution in [0.3, 0.4) is 0 Å². The van der Waals surface area contributed by atoms with Crippen molar-refractivity contribution in [1.29, 1.82) is 0 Å². The molecule has 0 saturated heterocycles. The van der Waals surface area contributed by atoms with Gasteiger partial charge in [-0.3, -0.25) is 0 Å². The molecule has 2 radical (unpaired) electrons. The van der Waals surface area contributed by atoms with Crippen LogP contribution < -0.4 is 0 Å². The fourth-order valence-electron chi connectivity index (χ4n) is 1.54. The predicted molar refractivity (Wildman–Crippen MR) is 48.4 cm³/mol. The van der Waals surface area contributed by atoms with Crippen molar-refractivity contribution in [2.75, 3.05) is 0 Å². The van der Waals surface area contributed by atoms with Crippen molar-refractivity contribution < 1.29 is 0 Å². The summed E-state index contributed by atoms with van der Waals surface area (Å²) in [5, 5.41) is 0. The summed E-state index contributed by atoms with van der Waals surface area (Å²) < 4.78 is 0. The Morgan fingerprint density at radius 2 is 1.50 bits per heavy atom. The van der Waals surface area contributed by atoms with Crippen LogP contribution in [0.1, 0.15) is 40.5 Å². The standard InChI is InChI=1S/C9H19B/c1-7(2)5-8(3)6-9(4)10/h7-9H,5-6H2,1-4H3. The monoisotopic (exact) mass is 138 g/mol. The van der Waals surface area contributed by atoms with Gasteiger partial charge in [-0.25, -0.2) is 0 Å². The smallest absolute Gasteiger partial charge is 0.0695 e. The van der Waals surface area contributed by atoms with E-state index in [1.807, 2.05) is 0 Å². The highest BCUT2D eigenvalue weighted by atomic mass is 14.1. The van der Waals surface area contributed by atoms with E-state index in [1.54, 1.807) is 0 Å². The zero-order valence-electron chi connectivity index (χ0n) is 7.72. The third-order valence-corrected chi connectivity index (χ3v) is 1.65. The normalized spacial score (nSPS) is 17.3. The number of hydrogen-bond donors (Lipinski definition) is 0. The molecule has 58 valence electrons. The Bertz CT molecular complexity index is 66.8. The maximum atomic E-state index is 5.67. The van der Waals surface area contributed by atoms with Gasteiger partial charge in [0.2, 0.25) is 0 Å². The highest BCUT2D eigenvalue weighted by Crippen LogP contribution is 2.20. The molecule has 2 atom stereocenters. The number of hydrogen-bond acceptors (Lipinski definition) is 0. The second-order valence-electron chi connectivity index (χ2n) is 3.95. The van der Waals surface area contributed by atoms with Crippen LogP contribution in [-0.4, -0.2) is 7.85 Å². The SMILES string of the molecule is [B]C(C)CC(C)CC(C)C. The van der Waals surface area contributed by atoms with Gasteiger partial charge in [-0.15, -0.1) is 0 Å². The van der Waals surface area contributed by atoms with Crippen molar-refractivity contribution in [3.8, 4) is 0 Å². The zero-order valence-corrected chi connectivity index (χ0v) is 7.72. The van der Waals surface area contributed by atoms with E-state index in [0.717, 1.165) is 18.3 Å². The molecule has 0 aliphatic heterocycles. The molecule has 0 nitrogen and oxygen atoms in total. The average molecular weight is 138 g/mol. The Morgan fingerprint density at radius 1 is 1.00 bits per heavy atom. The minimum atomic E-state index is 0.369. The molecule has 0 N–H and O–H groups in total. The molecule has 0 rings (SSSR count). The summed E-state index contributed by atoms with van der Waals surface area (Å²) in [4.78, 5) is 0. The summed E-state index contributed by atoms with van der Waals surface area (Å²) in [5.74, 6) is 1.97. The van der Waals surface area contributed by atoms with E-state index in [-0.39, 0.29) is 0 Å². The first-order valence-electron chi connectivity index (χ1n) is 4.28. The van der Waals surface area contributed by atoms with Crippen LogP contribution in [0.15, 0.2) is 0 Å². The molecule has 0 aliphatic rings. The van der Waals surface area contributed by atoms with Crippen LogP contribution in [0.2, 0.25) is 5.82 Å². The Hall–Kier alpha value is 0.0649. The first-order valence-corrected chi connectivity index (χ1v) is 4.28. The molecular formula is C9H19B. The molecule has 0 aromatic carbocycles. The van der Waals surface area contributed by atoms with Crippen molar-refractivity contribution >= 4 is 7.85 Å². The van der Waals surface area contributed by atoms with E-state index in [2.05, 4.69) is 27.7 Å². The molecule has 0 aromatic rings. The van der Waals surface area contributed by atoms with Crippen LogP contribution in [-0.2, 0) is 0 Å². The summed E-state index contributed by atoms with van der Waals surface area (Å²) in [6.07, 6.45) is 2.47. The van der Waals surface area contributed by atoms with Crippen LogP contribution in [0.25, 0.3) is 0 Å². The molecule has 0 aromatic heterocycles. The summed E-state index contributed by atoms with van der Waals surface area (Å²) >= 11 is 0. The van der Waals surface area contributed by atoms with Crippen molar-refractivity contribution in [2.24, 2.45) is 11.8 Å². The summed E-state index contributed by atoms with van der Waals surface area (Å²) in [6.45, 7) is 8.88. The van der Waals surface area contributed by atoms with E-state index in [0.29, 0.717) is 5.82 Å². The number of rotatable bonds is 4.